The molecular formula is C29H30N2O5. The average Bonchev–Trinajstić information content (AvgIpc) is 3.58. The second-order valence-corrected chi connectivity index (χ2v) is 9.25. The van der Waals surface area contributed by atoms with Gasteiger partial charge in [0.05, 0.1) is 13.5 Å². The van der Waals surface area contributed by atoms with Crippen LogP contribution in [0.4, 0.5) is 5.69 Å². The first-order valence-corrected chi connectivity index (χ1v) is 12.3. The van der Waals surface area contributed by atoms with Crippen molar-refractivity contribution in [3.8, 4) is 17.2 Å². The molecule has 1 fully saturated rings. The molecule has 5 rings (SSSR count). The molecule has 1 aliphatic heterocycles. The maximum Gasteiger partial charge on any atom is 0.250 e. The number of carbonyl (C=O) groups excluding carboxylic acids is 2. The van der Waals surface area contributed by atoms with Gasteiger partial charge in [-0.15, -0.1) is 0 Å². The number of amides is 2. The molecule has 0 bridgehead atoms. The number of methoxy groups -OCH3 is 1. The lowest BCUT2D eigenvalue weighted by Crippen LogP contribution is -2.57. The van der Waals surface area contributed by atoms with E-state index in [0.717, 1.165) is 29.7 Å². The van der Waals surface area contributed by atoms with Gasteiger partial charge in [0, 0.05) is 18.3 Å². The van der Waals surface area contributed by atoms with Crippen molar-refractivity contribution in [3.63, 3.8) is 0 Å². The third-order valence-electron chi connectivity index (χ3n) is 7.00. The van der Waals surface area contributed by atoms with Crippen LogP contribution in [0.2, 0.25) is 0 Å². The van der Waals surface area contributed by atoms with E-state index in [-0.39, 0.29) is 25.0 Å². The summed E-state index contributed by atoms with van der Waals surface area (Å²) in [6.07, 6.45) is 3.22. The highest BCUT2D eigenvalue weighted by molar-refractivity contribution is 6.01. The third-order valence-corrected chi connectivity index (χ3v) is 7.00. The molecule has 1 N–H and O–H groups in total. The second kappa shape index (κ2) is 10.3. The summed E-state index contributed by atoms with van der Waals surface area (Å²) in [7, 11) is 1.62. The van der Waals surface area contributed by atoms with Crippen molar-refractivity contribution >= 4 is 17.5 Å². The number of hydrogen-bond acceptors (Lipinski definition) is 5. The lowest BCUT2D eigenvalue weighted by molar-refractivity contribution is -0.145. The van der Waals surface area contributed by atoms with Crippen molar-refractivity contribution < 1.29 is 23.8 Å². The standard InChI is InChI=1S/C29H30N2O5/c1-34-24-12-9-22(10-13-24)19-31(27(32)17-21-7-3-2-4-8-21)29(15-5-6-16-29)28(33)30-23-11-14-25-26(18-23)36-20-35-25/h2-4,7-14,18H,5-6,15-17,19-20H2,1H3,(H,30,33). The molecule has 1 saturated carbocycles. The Bertz CT molecular complexity index is 1220. The highest BCUT2D eigenvalue weighted by Crippen LogP contribution is 2.39. The Balaban J connectivity index is 1.45. The zero-order chi connectivity index (χ0) is 25.0. The lowest BCUT2D eigenvalue weighted by atomic mass is 9.91. The molecule has 0 radical (unpaired) electrons. The number of ether oxygens (including phenoxy) is 3. The Hall–Kier alpha value is -4.00. The summed E-state index contributed by atoms with van der Waals surface area (Å²) < 4.78 is 16.2. The number of nitrogens with one attached hydrogen (secondary N) is 1. The van der Waals surface area contributed by atoms with Gasteiger partial charge in [-0.3, -0.25) is 9.59 Å². The van der Waals surface area contributed by atoms with Crippen molar-refractivity contribution in [3.05, 3.63) is 83.9 Å². The number of benzene rings is 3. The van der Waals surface area contributed by atoms with Crippen LogP contribution in [0.15, 0.2) is 72.8 Å². The summed E-state index contributed by atoms with van der Waals surface area (Å²) in [5.41, 5.74) is 1.55. The quantitative estimate of drug-likeness (QED) is 0.488. The zero-order valence-corrected chi connectivity index (χ0v) is 20.4. The largest absolute Gasteiger partial charge is 0.497 e. The fraction of sp³-hybridized carbons (Fsp3) is 0.310. The highest BCUT2D eigenvalue weighted by Gasteiger charge is 2.48. The Morgan fingerprint density at radius 1 is 0.917 bits per heavy atom. The molecule has 3 aromatic rings. The summed E-state index contributed by atoms with van der Waals surface area (Å²) in [5.74, 6) is 1.76. The van der Waals surface area contributed by atoms with Crippen molar-refractivity contribution in [2.75, 3.05) is 19.2 Å². The minimum atomic E-state index is -0.942. The molecule has 1 heterocycles. The minimum Gasteiger partial charge on any atom is -0.497 e. The SMILES string of the molecule is COc1ccc(CN(C(=O)Cc2ccccc2)C2(C(=O)Nc3ccc4c(c3)OCO4)CCCC2)cc1. The first-order chi connectivity index (χ1) is 17.6. The number of anilines is 1. The Morgan fingerprint density at radius 2 is 1.64 bits per heavy atom. The van der Waals surface area contributed by atoms with Crippen molar-refractivity contribution in [2.45, 2.75) is 44.2 Å². The molecule has 186 valence electrons. The molecule has 0 atom stereocenters. The summed E-state index contributed by atoms with van der Waals surface area (Å²) in [5, 5.41) is 3.07. The molecule has 7 heteroatoms. The summed E-state index contributed by atoms with van der Waals surface area (Å²) in [4.78, 5) is 29.5. The van der Waals surface area contributed by atoms with E-state index in [0.29, 0.717) is 36.6 Å². The Kier molecular flexibility index (Phi) is 6.80. The van der Waals surface area contributed by atoms with E-state index in [1.807, 2.05) is 54.6 Å². The zero-order valence-electron chi connectivity index (χ0n) is 20.4. The average molecular weight is 487 g/mol. The fourth-order valence-corrected chi connectivity index (χ4v) is 5.06. The lowest BCUT2D eigenvalue weighted by Gasteiger charge is -2.40. The summed E-state index contributed by atoms with van der Waals surface area (Å²) in [6.45, 7) is 0.504. The van der Waals surface area contributed by atoms with Crippen LogP contribution in [0.3, 0.4) is 0 Å². The van der Waals surface area contributed by atoms with Gasteiger partial charge >= 0.3 is 0 Å². The van der Waals surface area contributed by atoms with E-state index in [9.17, 15) is 9.59 Å². The van der Waals surface area contributed by atoms with Crippen molar-refractivity contribution in [2.24, 2.45) is 0 Å². The molecule has 0 spiro atoms. The van der Waals surface area contributed by atoms with Crippen LogP contribution in [0, 0.1) is 0 Å². The molecule has 0 aromatic heterocycles. The number of nitrogens with zero attached hydrogens (tertiary/aromatic N) is 1. The Labute approximate surface area is 211 Å². The van der Waals surface area contributed by atoms with E-state index in [2.05, 4.69) is 5.32 Å². The molecule has 36 heavy (non-hydrogen) atoms. The first-order valence-electron chi connectivity index (χ1n) is 12.3. The van der Waals surface area contributed by atoms with Crippen molar-refractivity contribution in [1.82, 2.24) is 4.90 Å². The van der Waals surface area contributed by atoms with Gasteiger partial charge in [0.25, 0.3) is 0 Å². The minimum absolute atomic E-state index is 0.0697. The Morgan fingerprint density at radius 3 is 2.36 bits per heavy atom. The molecule has 2 amide bonds. The molecular weight excluding hydrogens is 456 g/mol. The predicted octanol–water partition coefficient (Wildman–Crippen LogP) is 4.95. The number of fused-ring (bicyclic) bond motifs is 1. The van der Waals surface area contributed by atoms with Gasteiger partial charge in [-0.25, -0.2) is 0 Å². The van der Waals surface area contributed by atoms with Crippen LogP contribution in [-0.2, 0) is 22.6 Å². The van der Waals surface area contributed by atoms with Gasteiger partial charge in [-0.2, -0.15) is 0 Å². The monoisotopic (exact) mass is 486 g/mol. The van der Waals surface area contributed by atoms with E-state index in [4.69, 9.17) is 14.2 Å². The van der Waals surface area contributed by atoms with E-state index in [1.165, 1.54) is 0 Å². The number of carbonyl (C=O) groups is 2. The normalized spacial score (nSPS) is 15.4. The summed E-state index contributed by atoms with van der Waals surface area (Å²) >= 11 is 0. The van der Waals surface area contributed by atoms with Crippen LogP contribution in [0.5, 0.6) is 17.2 Å². The molecule has 3 aromatic carbocycles. The first kappa shape index (κ1) is 23.7. The fourth-order valence-electron chi connectivity index (χ4n) is 5.06. The van der Waals surface area contributed by atoms with Crippen molar-refractivity contribution in [1.29, 1.82) is 0 Å². The van der Waals surface area contributed by atoms with Gasteiger partial charge < -0.3 is 24.4 Å². The van der Waals surface area contributed by atoms with Gasteiger partial charge in [0.2, 0.25) is 18.6 Å². The molecule has 7 nitrogen and oxygen atoms in total. The number of rotatable bonds is 8. The van der Waals surface area contributed by atoms with Gasteiger partial charge in [-0.1, -0.05) is 55.3 Å². The molecule has 1 aliphatic carbocycles. The number of hydrogen-bond donors (Lipinski definition) is 1. The van der Waals surface area contributed by atoms with Gasteiger partial charge in [0.1, 0.15) is 11.3 Å². The van der Waals surface area contributed by atoms with E-state index in [1.54, 1.807) is 30.2 Å². The third kappa shape index (κ3) is 4.87. The van der Waals surface area contributed by atoms with Gasteiger partial charge in [0.15, 0.2) is 11.5 Å². The topological polar surface area (TPSA) is 77.1 Å². The molecule has 0 saturated heterocycles. The smallest absolute Gasteiger partial charge is 0.250 e. The van der Waals surface area contributed by atoms with Crippen LogP contribution in [0.1, 0.15) is 36.8 Å². The van der Waals surface area contributed by atoms with Crippen LogP contribution < -0.4 is 19.5 Å². The second-order valence-electron chi connectivity index (χ2n) is 9.25. The highest BCUT2D eigenvalue weighted by atomic mass is 16.7. The van der Waals surface area contributed by atoms with Crippen LogP contribution in [-0.4, -0.2) is 36.2 Å². The predicted molar refractivity (Wildman–Crippen MR) is 136 cm³/mol. The van der Waals surface area contributed by atoms with E-state index < -0.39 is 5.54 Å². The maximum atomic E-state index is 13.9. The van der Waals surface area contributed by atoms with Crippen LogP contribution >= 0.6 is 0 Å². The van der Waals surface area contributed by atoms with Crippen LogP contribution in [0.25, 0.3) is 0 Å². The van der Waals surface area contributed by atoms with E-state index >= 15 is 0 Å². The van der Waals surface area contributed by atoms with Gasteiger partial charge in [-0.05, 0) is 48.2 Å². The molecule has 0 unspecified atom stereocenters. The maximum absolute atomic E-state index is 13.9. The summed E-state index contributed by atoms with van der Waals surface area (Å²) in [6, 6.07) is 22.7. The molecule has 2 aliphatic rings.